The molecule has 4 amide bonds. The molecule has 2 fully saturated rings. The Balaban J connectivity index is 1.33. The standard InChI is InChI=1S/C28H32N4O6/c1-17(19-7-8-19)31(14-18-5-3-2-4-6-18)24(34)15-32-26(36)28(38-27(32)37)12-11-20-13-21(9-10-22(20)28)30-25(35)23(29)16-33/h2-6,9-10,13,17,19,23,33H,7-8,11-12,14-16,29H2,1H3,(H,30,35). The van der Waals surface area contributed by atoms with Crippen molar-refractivity contribution in [2.45, 2.75) is 56.8 Å². The molecular formula is C28H32N4O6. The van der Waals surface area contributed by atoms with Crippen LogP contribution in [0.1, 0.15) is 42.9 Å². The third-order valence-corrected chi connectivity index (χ3v) is 7.77. The summed E-state index contributed by atoms with van der Waals surface area (Å²) < 4.78 is 5.68. The Bertz CT molecular complexity index is 1260. The number of nitrogens with one attached hydrogen (secondary N) is 1. The van der Waals surface area contributed by atoms with Crippen molar-refractivity contribution >= 4 is 29.5 Å². The van der Waals surface area contributed by atoms with Gasteiger partial charge in [0.05, 0.1) is 6.61 Å². The van der Waals surface area contributed by atoms with Gasteiger partial charge in [0, 0.05) is 30.3 Å². The van der Waals surface area contributed by atoms with Gasteiger partial charge in [-0.15, -0.1) is 0 Å². The van der Waals surface area contributed by atoms with Gasteiger partial charge in [-0.3, -0.25) is 14.4 Å². The highest BCUT2D eigenvalue weighted by molar-refractivity contribution is 6.06. The minimum Gasteiger partial charge on any atom is -0.427 e. The number of benzene rings is 2. The second kappa shape index (κ2) is 10.2. The lowest BCUT2D eigenvalue weighted by Crippen LogP contribution is -2.47. The molecule has 0 radical (unpaired) electrons. The van der Waals surface area contributed by atoms with E-state index in [4.69, 9.17) is 15.6 Å². The summed E-state index contributed by atoms with van der Waals surface area (Å²) in [6.45, 7) is 1.55. The van der Waals surface area contributed by atoms with E-state index in [9.17, 15) is 19.2 Å². The summed E-state index contributed by atoms with van der Waals surface area (Å²) >= 11 is 0. The quantitative estimate of drug-likeness (QED) is 0.458. The molecule has 5 rings (SSSR count). The Morgan fingerprint density at radius 2 is 1.95 bits per heavy atom. The summed E-state index contributed by atoms with van der Waals surface area (Å²) in [6.07, 6.45) is 1.97. The Hall–Kier alpha value is -3.76. The molecule has 10 heteroatoms. The molecule has 3 atom stereocenters. The predicted molar refractivity (Wildman–Crippen MR) is 138 cm³/mol. The van der Waals surface area contributed by atoms with Gasteiger partial charge in [-0.2, -0.15) is 0 Å². The largest absolute Gasteiger partial charge is 0.427 e. The van der Waals surface area contributed by atoms with Gasteiger partial charge in [-0.05, 0) is 55.4 Å². The van der Waals surface area contributed by atoms with Crippen molar-refractivity contribution < 1.29 is 29.0 Å². The van der Waals surface area contributed by atoms with Crippen LogP contribution >= 0.6 is 0 Å². The van der Waals surface area contributed by atoms with Crippen LogP contribution in [-0.4, -0.2) is 64.0 Å². The van der Waals surface area contributed by atoms with Crippen LogP contribution in [0.2, 0.25) is 0 Å². The van der Waals surface area contributed by atoms with E-state index in [1.54, 1.807) is 23.1 Å². The number of nitrogens with two attached hydrogens (primary N) is 1. The van der Waals surface area contributed by atoms with Gasteiger partial charge in [0.15, 0.2) is 0 Å². The number of hydrogen-bond donors (Lipinski definition) is 3. The van der Waals surface area contributed by atoms with E-state index >= 15 is 0 Å². The van der Waals surface area contributed by atoms with Gasteiger partial charge in [0.2, 0.25) is 17.4 Å². The number of aliphatic hydroxyl groups is 1. The average molecular weight is 521 g/mol. The monoisotopic (exact) mass is 520 g/mol. The lowest BCUT2D eigenvalue weighted by Gasteiger charge is -2.30. The van der Waals surface area contributed by atoms with E-state index in [2.05, 4.69) is 5.32 Å². The van der Waals surface area contributed by atoms with Crippen LogP contribution in [0, 0.1) is 5.92 Å². The topological polar surface area (TPSA) is 142 Å². The number of fused-ring (bicyclic) bond motifs is 2. The number of carbonyl (C=O) groups excluding carboxylic acids is 4. The fourth-order valence-electron chi connectivity index (χ4n) is 5.35. The van der Waals surface area contributed by atoms with Gasteiger partial charge in [-0.1, -0.05) is 36.4 Å². The summed E-state index contributed by atoms with van der Waals surface area (Å²) in [5.74, 6) is -0.966. The number of anilines is 1. The molecule has 38 heavy (non-hydrogen) atoms. The van der Waals surface area contributed by atoms with Crippen LogP contribution in [0.15, 0.2) is 48.5 Å². The molecule has 200 valence electrons. The van der Waals surface area contributed by atoms with Crippen molar-refractivity contribution in [2.75, 3.05) is 18.5 Å². The van der Waals surface area contributed by atoms with Crippen LogP contribution in [0.4, 0.5) is 10.5 Å². The maximum atomic E-state index is 13.6. The number of imide groups is 1. The number of aryl methyl sites for hydroxylation is 1. The maximum Gasteiger partial charge on any atom is 0.418 e. The molecule has 1 heterocycles. The van der Waals surface area contributed by atoms with Crippen molar-refractivity contribution in [3.05, 3.63) is 65.2 Å². The maximum absolute atomic E-state index is 13.6. The second-order valence-electron chi connectivity index (χ2n) is 10.3. The SMILES string of the molecule is CC(C1CC1)N(Cc1ccccc1)C(=O)CN1C(=O)OC2(CCc3cc(NC(=O)C(N)CO)ccc32)C1=O. The van der Waals surface area contributed by atoms with Gasteiger partial charge < -0.3 is 25.8 Å². The first kappa shape index (κ1) is 25.9. The molecule has 1 saturated carbocycles. The van der Waals surface area contributed by atoms with Crippen LogP contribution in [0.25, 0.3) is 0 Å². The fourth-order valence-corrected chi connectivity index (χ4v) is 5.35. The normalized spacial score (nSPS) is 21.7. The molecule has 10 nitrogen and oxygen atoms in total. The summed E-state index contributed by atoms with van der Waals surface area (Å²) in [4.78, 5) is 54.8. The number of amides is 4. The van der Waals surface area contributed by atoms with E-state index in [1.807, 2.05) is 37.3 Å². The first-order chi connectivity index (χ1) is 18.2. The Labute approximate surface area is 220 Å². The Morgan fingerprint density at radius 3 is 2.63 bits per heavy atom. The predicted octanol–water partition coefficient (Wildman–Crippen LogP) is 1.89. The number of rotatable bonds is 9. The van der Waals surface area contributed by atoms with Crippen LogP contribution in [0.3, 0.4) is 0 Å². The number of hydrogen-bond acceptors (Lipinski definition) is 7. The van der Waals surface area contributed by atoms with Crippen molar-refractivity contribution in [3.63, 3.8) is 0 Å². The molecule has 1 saturated heterocycles. The number of aliphatic hydroxyl groups excluding tert-OH is 1. The van der Waals surface area contributed by atoms with E-state index in [0.717, 1.165) is 28.9 Å². The highest BCUT2D eigenvalue weighted by Crippen LogP contribution is 2.46. The van der Waals surface area contributed by atoms with Crippen LogP contribution in [0.5, 0.6) is 0 Å². The summed E-state index contributed by atoms with van der Waals surface area (Å²) in [6, 6.07) is 13.5. The van der Waals surface area contributed by atoms with Crippen molar-refractivity contribution in [1.82, 2.24) is 9.80 Å². The molecule has 1 spiro atoms. The van der Waals surface area contributed by atoms with E-state index < -0.39 is 36.2 Å². The third-order valence-electron chi connectivity index (χ3n) is 7.77. The molecule has 2 aromatic rings. The molecule has 2 aliphatic carbocycles. The summed E-state index contributed by atoms with van der Waals surface area (Å²) in [7, 11) is 0. The fraction of sp³-hybridized carbons (Fsp3) is 0.429. The van der Waals surface area contributed by atoms with E-state index in [1.165, 1.54) is 0 Å². The number of nitrogens with zero attached hydrogens (tertiary/aromatic N) is 2. The zero-order valence-corrected chi connectivity index (χ0v) is 21.3. The van der Waals surface area contributed by atoms with Gasteiger partial charge in [0.1, 0.15) is 12.6 Å². The molecular weight excluding hydrogens is 488 g/mol. The van der Waals surface area contributed by atoms with E-state index in [-0.39, 0.29) is 24.9 Å². The van der Waals surface area contributed by atoms with Crippen molar-refractivity contribution in [1.29, 1.82) is 0 Å². The molecule has 0 bridgehead atoms. The van der Waals surface area contributed by atoms with Crippen molar-refractivity contribution in [2.24, 2.45) is 11.7 Å². The smallest absolute Gasteiger partial charge is 0.418 e. The molecule has 3 unspecified atom stereocenters. The lowest BCUT2D eigenvalue weighted by molar-refractivity contribution is -0.143. The van der Waals surface area contributed by atoms with E-state index in [0.29, 0.717) is 30.1 Å². The first-order valence-electron chi connectivity index (χ1n) is 12.9. The first-order valence-corrected chi connectivity index (χ1v) is 12.9. The Morgan fingerprint density at radius 1 is 1.21 bits per heavy atom. The van der Waals surface area contributed by atoms with Crippen molar-refractivity contribution in [3.8, 4) is 0 Å². The minimum absolute atomic E-state index is 0.00909. The van der Waals surface area contributed by atoms with Gasteiger partial charge in [-0.25, -0.2) is 9.69 Å². The highest BCUT2D eigenvalue weighted by atomic mass is 16.6. The molecule has 3 aliphatic rings. The highest BCUT2D eigenvalue weighted by Gasteiger charge is 2.58. The average Bonchev–Trinajstić information content (AvgIpc) is 3.67. The number of carbonyl (C=O) groups is 4. The molecule has 4 N–H and O–H groups in total. The Kier molecular flexibility index (Phi) is 6.93. The number of ether oxygens (including phenoxy) is 1. The lowest BCUT2D eigenvalue weighted by atomic mass is 9.94. The minimum atomic E-state index is -1.48. The third kappa shape index (κ3) is 4.77. The summed E-state index contributed by atoms with van der Waals surface area (Å²) in [5, 5.41) is 11.7. The van der Waals surface area contributed by atoms with Gasteiger partial charge in [0.25, 0.3) is 5.91 Å². The summed E-state index contributed by atoms with van der Waals surface area (Å²) in [5.41, 5.74) is 6.82. The van der Waals surface area contributed by atoms with Gasteiger partial charge >= 0.3 is 6.09 Å². The second-order valence-corrected chi connectivity index (χ2v) is 10.3. The molecule has 2 aromatic carbocycles. The van der Waals surface area contributed by atoms with Crippen LogP contribution < -0.4 is 11.1 Å². The molecule has 0 aromatic heterocycles. The van der Waals surface area contributed by atoms with Crippen LogP contribution in [-0.2, 0) is 37.7 Å². The zero-order valence-electron chi connectivity index (χ0n) is 21.3. The molecule has 1 aliphatic heterocycles. The zero-order chi connectivity index (χ0) is 27.0.